The Morgan fingerprint density at radius 3 is 2.49 bits per heavy atom. The highest BCUT2D eigenvalue weighted by Crippen LogP contribution is 2.31. The number of benzene rings is 2. The summed E-state index contributed by atoms with van der Waals surface area (Å²) in [6.07, 6.45) is 7.59. The molecule has 4 aromatic rings. The van der Waals surface area contributed by atoms with Crippen LogP contribution in [0.15, 0.2) is 91.4 Å². The molecule has 1 aliphatic rings. The highest BCUT2D eigenvalue weighted by Gasteiger charge is 2.34. The van der Waals surface area contributed by atoms with Gasteiger partial charge >= 0.3 is 0 Å². The van der Waals surface area contributed by atoms with Crippen LogP contribution < -0.4 is 5.32 Å². The van der Waals surface area contributed by atoms with Gasteiger partial charge in [-0.05, 0) is 48.9 Å². The van der Waals surface area contributed by atoms with Crippen LogP contribution in [0, 0.1) is 0 Å². The number of hydrogen-bond acceptors (Lipinski definition) is 6. The Kier molecular flexibility index (Phi) is 7.81. The second-order valence-electron chi connectivity index (χ2n) is 9.27. The molecule has 2 N–H and O–H groups in total. The van der Waals surface area contributed by atoms with E-state index >= 15 is 0 Å². The fraction of sp³-hybridized carbons (Fsp3) is 0.267. The Balaban J connectivity index is 1.41. The lowest BCUT2D eigenvalue weighted by molar-refractivity contribution is 0.0211. The molecule has 5 rings (SSSR count). The van der Waals surface area contributed by atoms with Gasteiger partial charge in [0.05, 0.1) is 23.4 Å². The Labute approximate surface area is 217 Å². The molecule has 0 saturated carbocycles. The second-order valence-corrected chi connectivity index (χ2v) is 9.27. The topological polar surface area (TPSA) is 91.2 Å². The molecule has 2 aromatic heterocycles. The number of likely N-dealkylation sites (tertiary alicyclic amines) is 1. The monoisotopic (exact) mass is 493 g/mol. The number of piperidine rings is 1. The number of anilines is 1. The average molecular weight is 494 g/mol. The van der Waals surface area contributed by atoms with Crippen LogP contribution in [0.2, 0.25) is 0 Å². The summed E-state index contributed by atoms with van der Waals surface area (Å²) < 4.78 is 0. The lowest BCUT2D eigenvalue weighted by Crippen LogP contribution is -2.47. The number of aliphatic hydroxyl groups excluding tert-OH is 1. The van der Waals surface area contributed by atoms with Crippen molar-refractivity contribution in [2.24, 2.45) is 0 Å². The van der Waals surface area contributed by atoms with Crippen molar-refractivity contribution in [2.75, 3.05) is 18.4 Å². The Bertz CT molecular complexity index is 1300. The van der Waals surface area contributed by atoms with Gasteiger partial charge in [0.15, 0.2) is 0 Å². The van der Waals surface area contributed by atoms with Crippen LogP contribution in [0.25, 0.3) is 11.3 Å². The molecule has 0 aliphatic carbocycles. The quantitative estimate of drug-likeness (QED) is 0.362. The van der Waals surface area contributed by atoms with E-state index in [0.717, 1.165) is 36.8 Å². The third kappa shape index (κ3) is 5.84. The van der Waals surface area contributed by atoms with E-state index in [9.17, 15) is 9.90 Å². The molecule has 0 spiro atoms. The summed E-state index contributed by atoms with van der Waals surface area (Å²) in [7, 11) is 0. The molecule has 188 valence electrons. The summed E-state index contributed by atoms with van der Waals surface area (Å²) in [5.41, 5.74) is 3.87. The molecular weight excluding hydrogens is 462 g/mol. The number of pyridine rings is 1. The Morgan fingerprint density at radius 1 is 1.00 bits per heavy atom. The maximum Gasteiger partial charge on any atom is 0.258 e. The summed E-state index contributed by atoms with van der Waals surface area (Å²) in [5, 5.41) is 14.5. The first kappa shape index (κ1) is 24.6. The number of aromatic nitrogens is 3. The van der Waals surface area contributed by atoms with Crippen molar-refractivity contribution in [3.05, 3.63) is 108 Å². The molecule has 1 aliphatic heterocycles. The third-order valence-corrected chi connectivity index (χ3v) is 6.83. The van der Waals surface area contributed by atoms with Crippen molar-refractivity contribution in [3.8, 4) is 11.3 Å². The summed E-state index contributed by atoms with van der Waals surface area (Å²) in [6.45, 7) is 1.26. The van der Waals surface area contributed by atoms with Gasteiger partial charge in [-0.3, -0.25) is 9.78 Å². The molecule has 2 aromatic carbocycles. The first-order valence-corrected chi connectivity index (χ1v) is 12.8. The van der Waals surface area contributed by atoms with Crippen LogP contribution in [0.4, 0.5) is 5.95 Å². The van der Waals surface area contributed by atoms with Crippen molar-refractivity contribution in [1.29, 1.82) is 0 Å². The zero-order valence-electron chi connectivity index (χ0n) is 20.7. The maximum absolute atomic E-state index is 14.0. The van der Waals surface area contributed by atoms with Crippen molar-refractivity contribution < 1.29 is 9.90 Å². The molecule has 0 bridgehead atoms. The predicted molar refractivity (Wildman–Crippen MR) is 144 cm³/mol. The van der Waals surface area contributed by atoms with E-state index in [1.165, 1.54) is 5.56 Å². The fourth-order valence-corrected chi connectivity index (χ4v) is 4.88. The largest absolute Gasteiger partial charge is 0.386 e. The third-order valence-electron chi connectivity index (χ3n) is 6.83. The number of nitrogens with zero attached hydrogens (tertiary/aromatic N) is 4. The van der Waals surface area contributed by atoms with Gasteiger partial charge in [-0.2, -0.15) is 0 Å². The molecule has 3 heterocycles. The first-order valence-electron chi connectivity index (χ1n) is 12.8. The van der Waals surface area contributed by atoms with Crippen LogP contribution in [-0.4, -0.2) is 50.0 Å². The summed E-state index contributed by atoms with van der Waals surface area (Å²) in [4.78, 5) is 29.1. The first-order chi connectivity index (χ1) is 18.2. The Hall–Kier alpha value is -4.10. The molecule has 7 nitrogen and oxygen atoms in total. The molecular formula is C30H31N5O2. The molecule has 2 unspecified atom stereocenters. The molecule has 1 saturated heterocycles. The van der Waals surface area contributed by atoms with Gasteiger partial charge in [0.25, 0.3) is 5.91 Å². The normalized spacial score (nSPS) is 16.2. The van der Waals surface area contributed by atoms with E-state index in [4.69, 9.17) is 4.98 Å². The highest BCUT2D eigenvalue weighted by molar-refractivity contribution is 6.00. The average Bonchev–Trinajstić information content (AvgIpc) is 2.98. The minimum Gasteiger partial charge on any atom is -0.386 e. The lowest BCUT2D eigenvalue weighted by atomic mass is 9.92. The number of rotatable bonds is 8. The smallest absolute Gasteiger partial charge is 0.258 e. The van der Waals surface area contributed by atoms with Gasteiger partial charge in [-0.1, -0.05) is 60.7 Å². The summed E-state index contributed by atoms with van der Waals surface area (Å²) >= 11 is 0. The van der Waals surface area contributed by atoms with E-state index in [-0.39, 0.29) is 11.9 Å². The van der Waals surface area contributed by atoms with Crippen LogP contribution in [0.3, 0.4) is 0 Å². The molecule has 1 amide bonds. The minimum atomic E-state index is -0.785. The number of hydrogen-bond donors (Lipinski definition) is 2. The Morgan fingerprint density at radius 2 is 1.73 bits per heavy atom. The highest BCUT2D eigenvalue weighted by atomic mass is 16.3. The van der Waals surface area contributed by atoms with Gasteiger partial charge in [-0.15, -0.1) is 0 Å². The van der Waals surface area contributed by atoms with E-state index in [1.54, 1.807) is 35.6 Å². The number of nitrogens with one attached hydrogen (secondary N) is 1. The van der Waals surface area contributed by atoms with Crippen LogP contribution in [0.1, 0.15) is 46.9 Å². The van der Waals surface area contributed by atoms with E-state index in [0.29, 0.717) is 30.3 Å². The van der Waals surface area contributed by atoms with Gasteiger partial charge < -0.3 is 15.3 Å². The number of amides is 1. The second kappa shape index (κ2) is 11.8. The SMILES string of the molecule is O=C(c1cnc(NCCc2ccccc2)nc1-c1ccccc1)N1CCCCC1C(O)c1ccncc1. The van der Waals surface area contributed by atoms with Crippen molar-refractivity contribution in [1.82, 2.24) is 19.9 Å². The van der Waals surface area contributed by atoms with E-state index in [1.807, 2.05) is 48.5 Å². The van der Waals surface area contributed by atoms with E-state index in [2.05, 4.69) is 27.4 Å². The van der Waals surface area contributed by atoms with Crippen molar-refractivity contribution in [3.63, 3.8) is 0 Å². The predicted octanol–water partition coefficient (Wildman–Crippen LogP) is 4.92. The number of carbonyl (C=O) groups is 1. The zero-order chi connectivity index (χ0) is 25.5. The molecule has 37 heavy (non-hydrogen) atoms. The molecule has 0 radical (unpaired) electrons. The molecule has 1 fully saturated rings. The van der Waals surface area contributed by atoms with E-state index < -0.39 is 6.10 Å². The lowest BCUT2D eigenvalue weighted by Gasteiger charge is -2.38. The van der Waals surface area contributed by atoms with Gasteiger partial charge in [0, 0.05) is 37.2 Å². The van der Waals surface area contributed by atoms with Crippen LogP contribution in [-0.2, 0) is 6.42 Å². The number of carbonyl (C=O) groups excluding carboxylic acids is 1. The maximum atomic E-state index is 14.0. The standard InChI is InChI=1S/C30H31N5O2/c36-28(24-15-17-31-18-16-24)26-13-7-8-20-35(26)29(37)25-21-33-30(32-19-14-22-9-3-1-4-10-22)34-27(25)23-11-5-2-6-12-23/h1-6,9-12,15-18,21,26,28,36H,7-8,13-14,19-20H2,(H,32,33,34). The van der Waals surface area contributed by atoms with Gasteiger partial charge in [-0.25, -0.2) is 9.97 Å². The summed E-state index contributed by atoms with van der Waals surface area (Å²) in [6, 6.07) is 23.2. The van der Waals surface area contributed by atoms with Crippen molar-refractivity contribution >= 4 is 11.9 Å². The number of aliphatic hydroxyl groups is 1. The van der Waals surface area contributed by atoms with Crippen molar-refractivity contribution in [2.45, 2.75) is 37.8 Å². The fourth-order valence-electron chi connectivity index (χ4n) is 4.88. The van der Waals surface area contributed by atoms with Crippen LogP contribution >= 0.6 is 0 Å². The molecule has 2 atom stereocenters. The van der Waals surface area contributed by atoms with Gasteiger partial charge in [0.2, 0.25) is 5.95 Å². The van der Waals surface area contributed by atoms with Gasteiger partial charge in [0.1, 0.15) is 0 Å². The zero-order valence-corrected chi connectivity index (χ0v) is 20.7. The molecule has 7 heteroatoms. The van der Waals surface area contributed by atoms with Crippen LogP contribution in [0.5, 0.6) is 0 Å². The minimum absolute atomic E-state index is 0.160. The summed E-state index contributed by atoms with van der Waals surface area (Å²) in [5.74, 6) is 0.325.